The number of nitrogens with zero attached hydrogens (tertiary/aromatic N) is 3. The van der Waals surface area contributed by atoms with Crippen molar-refractivity contribution in [2.45, 2.75) is 0 Å². The standard InChI is InChI=1S/C44H25N3O/c1-2-10-29-26(9-1)17-18-27-19-22-33-32(41(27)29)23-24-38-42(33)34-12-3-7-15-37(34)47(38)44-43(45-35-13-5-6-14-36(35)46-44)28-20-21-31-30-11-4-8-16-39(30)48-40(31)25-28/h1-25H. The van der Waals surface area contributed by atoms with E-state index in [4.69, 9.17) is 14.4 Å². The molecular weight excluding hydrogens is 587 g/mol. The van der Waals surface area contributed by atoms with Crippen LogP contribution in [0.3, 0.4) is 0 Å². The lowest BCUT2D eigenvalue weighted by atomic mass is 9.94. The maximum Gasteiger partial charge on any atom is 0.165 e. The van der Waals surface area contributed by atoms with Gasteiger partial charge in [-0.1, -0.05) is 109 Å². The molecule has 3 heterocycles. The zero-order chi connectivity index (χ0) is 31.3. The molecule has 4 nitrogen and oxygen atoms in total. The minimum atomic E-state index is 0.793. The number of furan rings is 1. The number of hydrogen-bond donors (Lipinski definition) is 0. The third kappa shape index (κ3) is 3.49. The van der Waals surface area contributed by atoms with Gasteiger partial charge in [-0.05, 0) is 74.8 Å². The van der Waals surface area contributed by atoms with Gasteiger partial charge < -0.3 is 4.42 Å². The Morgan fingerprint density at radius 1 is 0.417 bits per heavy atom. The summed E-state index contributed by atoms with van der Waals surface area (Å²) >= 11 is 0. The first-order chi connectivity index (χ1) is 23.8. The molecule has 3 aromatic heterocycles. The van der Waals surface area contributed by atoms with E-state index in [1.54, 1.807) is 0 Å². The van der Waals surface area contributed by atoms with E-state index in [2.05, 4.69) is 120 Å². The van der Waals surface area contributed by atoms with Gasteiger partial charge in [0.2, 0.25) is 0 Å². The fourth-order valence-corrected chi connectivity index (χ4v) is 7.82. The summed E-state index contributed by atoms with van der Waals surface area (Å²) in [5, 5.41) is 12.1. The van der Waals surface area contributed by atoms with Crippen LogP contribution in [0, 0.1) is 0 Å². The van der Waals surface area contributed by atoms with Crippen LogP contribution in [0.1, 0.15) is 0 Å². The molecule has 0 spiro atoms. The highest BCUT2D eigenvalue weighted by Crippen LogP contribution is 2.42. The lowest BCUT2D eigenvalue weighted by Gasteiger charge is -2.14. The molecule has 0 amide bonds. The molecule has 0 fully saturated rings. The monoisotopic (exact) mass is 611 g/mol. The highest BCUT2D eigenvalue weighted by Gasteiger charge is 2.22. The van der Waals surface area contributed by atoms with Gasteiger partial charge in [-0.15, -0.1) is 0 Å². The van der Waals surface area contributed by atoms with Crippen LogP contribution >= 0.6 is 0 Å². The predicted octanol–water partition coefficient (Wildman–Crippen LogP) is 11.8. The van der Waals surface area contributed by atoms with E-state index in [9.17, 15) is 0 Å². The fraction of sp³-hybridized carbons (Fsp3) is 0. The Hall–Kier alpha value is -6.52. The molecule has 0 aliphatic heterocycles. The average Bonchev–Trinajstić information content (AvgIpc) is 3.69. The van der Waals surface area contributed by atoms with E-state index in [1.165, 1.54) is 43.1 Å². The molecule has 0 aliphatic carbocycles. The molecule has 0 N–H and O–H groups in total. The molecule has 0 atom stereocenters. The number of para-hydroxylation sites is 4. The van der Waals surface area contributed by atoms with Crippen LogP contribution in [0.15, 0.2) is 156 Å². The lowest BCUT2D eigenvalue weighted by molar-refractivity contribution is 0.669. The van der Waals surface area contributed by atoms with E-state index in [1.807, 2.05) is 36.4 Å². The molecule has 0 saturated carbocycles. The molecule has 0 unspecified atom stereocenters. The minimum Gasteiger partial charge on any atom is -0.456 e. The van der Waals surface area contributed by atoms with Gasteiger partial charge in [-0.3, -0.25) is 4.57 Å². The highest BCUT2D eigenvalue weighted by atomic mass is 16.3. The molecule has 222 valence electrons. The second-order valence-electron chi connectivity index (χ2n) is 12.6. The van der Waals surface area contributed by atoms with Crippen LogP contribution in [0.4, 0.5) is 0 Å². The van der Waals surface area contributed by atoms with Crippen molar-refractivity contribution < 1.29 is 4.42 Å². The van der Waals surface area contributed by atoms with Crippen molar-refractivity contribution in [3.8, 4) is 17.1 Å². The van der Waals surface area contributed by atoms with Gasteiger partial charge in [0.05, 0.1) is 22.1 Å². The number of hydrogen-bond acceptors (Lipinski definition) is 3. The van der Waals surface area contributed by atoms with Crippen molar-refractivity contribution in [3.05, 3.63) is 152 Å². The number of benzene rings is 8. The maximum absolute atomic E-state index is 6.33. The van der Waals surface area contributed by atoms with Crippen molar-refractivity contribution in [2.24, 2.45) is 0 Å². The number of aromatic nitrogens is 3. The Labute approximate surface area is 274 Å². The first kappa shape index (κ1) is 25.6. The quantitative estimate of drug-likeness (QED) is 0.183. The summed E-state index contributed by atoms with van der Waals surface area (Å²) in [6.07, 6.45) is 0. The largest absolute Gasteiger partial charge is 0.456 e. The van der Waals surface area contributed by atoms with Crippen molar-refractivity contribution in [1.29, 1.82) is 0 Å². The van der Waals surface area contributed by atoms with Crippen molar-refractivity contribution in [3.63, 3.8) is 0 Å². The Kier molecular flexibility index (Phi) is 5.08. The van der Waals surface area contributed by atoms with Gasteiger partial charge in [0.1, 0.15) is 16.9 Å². The van der Waals surface area contributed by atoms with Crippen LogP contribution in [0.25, 0.3) is 104 Å². The Morgan fingerprint density at radius 3 is 1.98 bits per heavy atom. The number of rotatable bonds is 2. The van der Waals surface area contributed by atoms with Crippen LogP contribution in [-0.4, -0.2) is 14.5 Å². The van der Waals surface area contributed by atoms with Crippen LogP contribution < -0.4 is 0 Å². The van der Waals surface area contributed by atoms with Gasteiger partial charge in [0, 0.05) is 27.1 Å². The van der Waals surface area contributed by atoms with E-state index in [-0.39, 0.29) is 0 Å². The van der Waals surface area contributed by atoms with Gasteiger partial charge in [0.15, 0.2) is 5.82 Å². The van der Waals surface area contributed by atoms with Crippen molar-refractivity contribution >= 4 is 87.1 Å². The summed E-state index contributed by atoms with van der Waals surface area (Å²) in [6, 6.07) is 53.6. The maximum atomic E-state index is 6.33. The molecule has 8 aromatic carbocycles. The topological polar surface area (TPSA) is 43.9 Å². The van der Waals surface area contributed by atoms with E-state index in [0.29, 0.717) is 0 Å². The third-order valence-corrected chi connectivity index (χ3v) is 9.96. The van der Waals surface area contributed by atoms with Crippen molar-refractivity contribution in [2.75, 3.05) is 0 Å². The van der Waals surface area contributed by atoms with Crippen LogP contribution in [0.5, 0.6) is 0 Å². The molecule has 0 aliphatic rings. The molecule has 0 bridgehead atoms. The van der Waals surface area contributed by atoms with Gasteiger partial charge in [-0.2, -0.15) is 0 Å². The third-order valence-electron chi connectivity index (χ3n) is 9.96. The molecule has 0 radical (unpaired) electrons. The molecule has 11 rings (SSSR count). The summed E-state index contributed by atoms with van der Waals surface area (Å²) in [4.78, 5) is 10.6. The first-order valence-electron chi connectivity index (χ1n) is 16.3. The fourth-order valence-electron chi connectivity index (χ4n) is 7.82. The van der Waals surface area contributed by atoms with E-state index < -0.39 is 0 Å². The summed E-state index contributed by atoms with van der Waals surface area (Å²) in [6.45, 7) is 0. The second kappa shape index (κ2) is 9.50. The van der Waals surface area contributed by atoms with E-state index >= 15 is 0 Å². The summed E-state index contributed by atoms with van der Waals surface area (Å²) in [5.74, 6) is 0.793. The smallest absolute Gasteiger partial charge is 0.165 e. The summed E-state index contributed by atoms with van der Waals surface area (Å²) < 4.78 is 8.63. The number of fused-ring (bicyclic) bond motifs is 13. The molecule has 11 aromatic rings. The normalized spacial score (nSPS) is 12.2. The zero-order valence-corrected chi connectivity index (χ0v) is 25.7. The Morgan fingerprint density at radius 2 is 1.06 bits per heavy atom. The summed E-state index contributed by atoms with van der Waals surface area (Å²) in [7, 11) is 0. The Balaban J connectivity index is 1.26. The molecule has 48 heavy (non-hydrogen) atoms. The SMILES string of the molecule is c1ccc2c(c1)ccc1ccc3c(ccc4c3c3ccccc3n4-c3nc4ccccc4nc3-c3ccc4c(c3)oc3ccccc34)c12. The van der Waals surface area contributed by atoms with Gasteiger partial charge >= 0.3 is 0 Å². The zero-order valence-electron chi connectivity index (χ0n) is 25.7. The van der Waals surface area contributed by atoms with Crippen LogP contribution in [-0.2, 0) is 0 Å². The second-order valence-corrected chi connectivity index (χ2v) is 12.6. The Bertz CT molecular complexity index is 3130. The highest BCUT2D eigenvalue weighted by molar-refractivity contribution is 6.29. The minimum absolute atomic E-state index is 0.793. The van der Waals surface area contributed by atoms with Crippen molar-refractivity contribution in [1.82, 2.24) is 14.5 Å². The molecule has 4 heteroatoms. The predicted molar refractivity (Wildman–Crippen MR) is 199 cm³/mol. The van der Waals surface area contributed by atoms with Gasteiger partial charge in [0.25, 0.3) is 0 Å². The van der Waals surface area contributed by atoms with E-state index in [0.717, 1.165) is 61.1 Å². The van der Waals surface area contributed by atoms with Gasteiger partial charge in [-0.25, -0.2) is 9.97 Å². The van der Waals surface area contributed by atoms with Crippen LogP contribution in [0.2, 0.25) is 0 Å². The molecule has 0 saturated heterocycles. The first-order valence-corrected chi connectivity index (χ1v) is 16.3. The average molecular weight is 612 g/mol. The lowest BCUT2D eigenvalue weighted by Crippen LogP contribution is -2.03. The molecular formula is C44H25N3O. The summed E-state index contributed by atoms with van der Waals surface area (Å²) in [5.41, 5.74) is 7.37.